The summed E-state index contributed by atoms with van der Waals surface area (Å²) in [7, 11) is 0. The van der Waals surface area contributed by atoms with E-state index in [9.17, 15) is 9.59 Å². The lowest BCUT2D eigenvalue weighted by Gasteiger charge is -2.21. The van der Waals surface area contributed by atoms with Crippen molar-refractivity contribution < 1.29 is 14.3 Å². The quantitative estimate of drug-likeness (QED) is 0.467. The molecule has 0 amide bonds. The summed E-state index contributed by atoms with van der Waals surface area (Å²) in [5.74, 6) is -0.266. The van der Waals surface area contributed by atoms with Crippen LogP contribution in [0.1, 0.15) is 60.3 Å². The fourth-order valence-corrected chi connectivity index (χ4v) is 2.05. The van der Waals surface area contributed by atoms with Gasteiger partial charge in [0.15, 0.2) is 0 Å². The number of rotatable bonds is 9. The fourth-order valence-electron chi connectivity index (χ4n) is 2.05. The first-order valence-corrected chi connectivity index (χ1v) is 7.07. The molecule has 0 aromatic rings. The normalized spacial score (nSPS) is 14.3. The molecule has 0 saturated heterocycles. The van der Waals surface area contributed by atoms with E-state index in [2.05, 4.69) is 20.8 Å². The van der Waals surface area contributed by atoms with Crippen LogP contribution < -0.4 is 0 Å². The van der Waals surface area contributed by atoms with Crippen molar-refractivity contribution in [3.05, 3.63) is 0 Å². The van der Waals surface area contributed by atoms with Gasteiger partial charge in [-0.15, -0.1) is 0 Å². The van der Waals surface area contributed by atoms with Crippen molar-refractivity contribution in [2.45, 2.75) is 60.3 Å². The van der Waals surface area contributed by atoms with E-state index >= 15 is 0 Å². The summed E-state index contributed by atoms with van der Waals surface area (Å²) in [6.07, 6.45) is 3.84. The fraction of sp³-hybridized carbons (Fsp3) is 0.867. The van der Waals surface area contributed by atoms with Gasteiger partial charge < -0.3 is 4.74 Å². The van der Waals surface area contributed by atoms with Crippen LogP contribution in [-0.4, -0.2) is 18.4 Å². The van der Waals surface area contributed by atoms with E-state index in [4.69, 9.17) is 4.74 Å². The maximum absolute atomic E-state index is 11.9. The van der Waals surface area contributed by atoms with Crippen molar-refractivity contribution in [3.8, 4) is 0 Å². The average Bonchev–Trinajstić information content (AvgIpc) is 2.30. The van der Waals surface area contributed by atoms with Crippen molar-refractivity contribution >= 4 is 11.8 Å². The highest BCUT2D eigenvalue weighted by molar-refractivity contribution is 5.84. The van der Waals surface area contributed by atoms with Gasteiger partial charge in [0, 0.05) is 5.92 Å². The zero-order valence-electron chi connectivity index (χ0n) is 12.5. The van der Waals surface area contributed by atoms with E-state index in [1.54, 1.807) is 13.8 Å². The number of unbranched alkanes of at least 4 members (excludes halogenated alkanes) is 2. The monoisotopic (exact) mass is 256 g/mol. The second-order valence-corrected chi connectivity index (χ2v) is 5.51. The van der Waals surface area contributed by atoms with E-state index in [1.807, 2.05) is 0 Å². The van der Waals surface area contributed by atoms with Crippen molar-refractivity contribution in [3.63, 3.8) is 0 Å². The number of ether oxygens (including phenoxy) is 1. The van der Waals surface area contributed by atoms with E-state index < -0.39 is 0 Å². The molecule has 0 N–H and O–H groups in total. The Balaban J connectivity index is 4.25. The lowest BCUT2D eigenvalue weighted by Crippen LogP contribution is -2.29. The van der Waals surface area contributed by atoms with Crippen LogP contribution >= 0.6 is 0 Å². The van der Waals surface area contributed by atoms with Crippen LogP contribution in [0.3, 0.4) is 0 Å². The Labute approximate surface area is 111 Å². The summed E-state index contributed by atoms with van der Waals surface area (Å²) in [6, 6.07) is 0. The van der Waals surface area contributed by atoms with Gasteiger partial charge in [0.2, 0.25) is 0 Å². The Morgan fingerprint density at radius 3 is 2.17 bits per heavy atom. The summed E-state index contributed by atoms with van der Waals surface area (Å²) in [6.45, 7) is 10.1. The number of Topliss-reactive ketones (excluding diaryl/α,β-unsaturated/α-hetero) is 1. The van der Waals surface area contributed by atoms with Crippen LogP contribution in [-0.2, 0) is 14.3 Å². The highest BCUT2D eigenvalue weighted by Crippen LogP contribution is 2.22. The molecule has 0 aliphatic rings. The molecular formula is C15H28O3. The van der Waals surface area contributed by atoms with Crippen molar-refractivity contribution in [1.29, 1.82) is 0 Å². The first kappa shape index (κ1) is 17.1. The van der Waals surface area contributed by atoms with Gasteiger partial charge in [0.1, 0.15) is 5.78 Å². The molecule has 0 aromatic heterocycles. The molecule has 0 saturated carbocycles. The first-order chi connectivity index (χ1) is 8.40. The van der Waals surface area contributed by atoms with Crippen LogP contribution in [0.15, 0.2) is 0 Å². The largest absolute Gasteiger partial charge is 0.465 e. The van der Waals surface area contributed by atoms with Crippen molar-refractivity contribution in [2.75, 3.05) is 6.61 Å². The van der Waals surface area contributed by atoms with Crippen LogP contribution in [0.25, 0.3) is 0 Å². The Kier molecular flexibility index (Phi) is 8.69. The predicted octanol–water partition coefficient (Wildman–Crippen LogP) is 3.61. The zero-order valence-corrected chi connectivity index (χ0v) is 12.5. The van der Waals surface area contributed by atoms with Gasteiger partial charge in [-0.1, -0.05) is 40.5 Å². The van der Waals surface area contributed by atoms with Gasteiger partial charge in [0.25, 0.3) is 0 Å². The van der Waals surface area contributed by atoms with Gasteiger partial charge in [0.05, 0.1) is 12.5 Å². The Bertz CT molecular complexity index is 258. The third kappa shape index (κ3) is 6.77. The zero-order chi connectivity index (χ0) is 14.1. The molecule has 18 heavy (non-hydrogen) atoms. The lowest BCUT2D eigenvalue weighted by atomic mass is 9.84. The highest BCUT2D eigenvalue weighted by atomic mass is 16.5. The van der Waals surface area contributed by atoms with Crippen LogP contribution in [0, 0.1) is 17.8 Å². The maximum Gasteiger partial charge on any atom is 0.309 e. The van der Waals surface area contributed by atoms with E-state index in [-0.39, 0.29) is 23.6 Å². The van der Waals surface area contributed by atoms with Gasteiger partial charge in [-0.25, -0.2) is 0 Å². The number of carbonyl (C=O) groups is 2. The lowest BCUT2D eigenvalue weighted by molar-refractivity contribution is -0.152. The number of hydrogen-bond acceptors (Lipinski definition) is 3. The van der Waals surface area contributed by atoms with Gasteiger partial charge in [-0.05, 0) is 25.7 Å². The second kappa shape index (κ2) is 9.12. The highest BCUT2D eigenvalue weighted by Gasteiger charge is 2.29. The summed E-state index contributed by atoms with van der Waals surface area (Å²) < 4.78 is 5.23. The summed E-state index contributed by atoms with van der Waals surface area (Å²) >= 11 is 0. The van der Waals surface area contributed by atoms with Gasteiger partial charge in [-0.2, -0.15) is 0 Å². The average molecular weight is 256 g/mol. The number of esters is 1. The number of hydrogen-bond donors (Lipinski definition) is 0. The second-order valence-electron chi connectivity index (χ2n) is 5.51. The molecule has 0 spiro atoms. The molecule has 0 aliphatic heterocycles. The molecule has 0 heterocycles. The molecule has 0 rings (SSSR count). The molecule has 0 radical (unpaired) electrons. The van der Waals surface area contributed by atoms with Crippen LogP contribution in [0.4, 0.5) is 0 Å². The van der Waals surface area contributed by atoms with E-state index in [0.29, 0.717) is 12.5 Å². The minimum atomic E-state index is -0.327. The minimum absolute atomic E-state index is 0.0849. The molecule has 0 aliphatic carbocycles. The summed E-state index contributed by atoms with van der Waals surface area (Å²) in [5, 5.41) is 0. The topological polar surface area (TPSA) is 43.4 Å². The van der Waals surface area contributed by atoms with Gasteiger partial charge >= 0.3 is 5.97 Å². The van der Waals surface area contributed by atoms with E-state index in [1.165, 1.54) is 0 Å². The van der Waals surface area contributed by atoms with Crippen LogP contribution in [0.2, 0.25) is 0 Å². The van der Waals surface area contributed by atoms with Gasteiger partial charge in [-0.3, -0.25) is 9.59 Å². The summed E-state index contributed by atoms with van der Waals surface area (Å²) in [5.41, 5.74) is 0. The smallest absolute Gasteiger partial charge is 0.309 e. The molecular weight excluding hydrogens is 228 g/mol. The first-order valence-electron chi connectivity index (χ1n) is 7.07. The number of carbonyl (C=O) groups excluding carboxylic acids is 2. The van der Waals surface area contributed by atoms with E-state index in [0.717, 1.165) is 25.7 Å². The molecule has 106 valence electrons. The summed E-state index contributed by atoms with van der Waals surface area (Å²) in [4.78, 5) is 23.5. The maximum atomic E-state index is 11.9. The Morgan fingerprint density at radius 1 is 1.11 bits per heavy atom. The molecule has 3 nitrogen and oxygen atoms in total. The third-order valence-electron chi connectivity index (χ3n) is 3.22. The standard InChI is InChI=1S/C15H28O3/c1-6-7-8-9-18-15(17)12(4)14(13(5)16)10-11(2)3/h11-12,14H,6-10H2,1-5H3. The molecule has 0 fully saturated rings. The van der Waals surface area contributed by atoms with Crippen molar-refractivity contribution in [2.24, 2.45) is 17.8 Å². The molecule has 3 heteroatoms. The van der Waals surface area contributed by atoms with Crippen molar-refractivity contribution in [1.82, 2.24) is 0 Å². The third-order valence-corrected chi connectivity index (χ3v) is 3.22. The minimum Gasteiger partial charge on any atom is -0.465 e. The predicted molar refractivity (Wildman–Crippen MR) is 73.3 cm³/mol. The number of ketones is 1. The molecule has 2 atom stereocenters. The molecule has 0 bridgehead atoms. The van der Waals surface area contributed by atoms with Crippen LogP contribution in [0.5, 0.6) is 0 Å². The molecule has 0 aromatic carbocycles. The molecule has 2 unspecified atom stereocenters. The Hall–Kier alpha value is -0.860. The Morgan fingerprint density at radius 2 is 1.72 bits per heavy atom. The SMILES string of the molecule is CCCCCOC(=O)C(C)C(CC(C)C)C(C)=O.